The van der Waals surface area contributed by atoms with Gasteiger partial charge in [-0.3, -0.25) is 0 Å². The largest absolute Gasteiger partial charge is 0.365 e. The highest BCUT2D eigenvalue weighted by atomic mass is 19.1. The fourth-order valence-corrected chi connectivity index (χ4v) is 1.15. The van der Waals surface area contributed by atoms with Gasteiger partial charge in [-0.05, 0) is 13.0 Å². The van der Waals surface area contributed by atoms with E-state index in [1.807, 2.05) is 13.0 Å². The summed E-state index contributed by atoms with van der Waals surface area (Å²) in [5, 5.41) is 0. The number of hydrogen-bond donors (Lipinski definition) is 0. The fourth-order valence-electron chi connectivity index (χ4n) is 1.15. The molecule has 0 radical (unpaired) electrons. The van der Waals surface area contributed by atoms with E-state index in [0.29, 0.717) is 12.2 Å². The van der Waals surface area contributed by atoms with Crippen LogP contribution in [-0.2, 0) is 10.3 Å². The Morgan fingerprint density at radius 1 is 1.45 bits per heavy atom. The van der Waals surface area contributed by atoms with E-state index in [0.717, 1.165) is 0 Å². The van der Waals surface area contributed by atoms with Crippen LogP contribution in [0, 0.1) is 5.82 Å². The van der Waals surface area contributed by atoms with E-state index < -0.39 is 0 Å². The molecule has 1 aliphatic rings. The minimum atomic E-state index is -0.342. The van der Waals surface area contributed by atoms with Crippen molar-refractivity contribution in [3.63, 3.8) is 0 Å². The highest BCUT2D eigenvalue weighted by Gasteiger charge is 2.42. The molecule has 2 rings (SSSR count). The van der Waals surface area contributed by atoms with Gasteiger partial charge in [-0.15, -0.1) is 0 Å². The molecule has 0 unspecified atom stereocenters. The van der Waals surface area contributed by atoms with Crippen LogP contribution in [0.5, 0.6) is 0 Å². The first kappa shape index (κ1) is 6.80. The second-order valence-corrected chi connectivity index (χ2v) is 3.00. The molecule has 1 saturated heterocycles. The topological polar surface area (TPSA) is 12.5 Å². The number of hydrogen-bond acceptors (Lipinski definition) is 1. The van der Waals surface area contributed by atoms with Crippen molar-refractivity contribution < 1.29 is 9.13 Å². The SMILES string of the molecule is C[C@@]1(c2ccccc2F)CO1. The van der Waals surface area contributed by atoms with Crippen LogP contribution in [0.4, 0.5) is 4.39 Å². The molecule has 0 aromatic heterocycles. The lowest BCUT2D eigenvalue weighted by Crippen LogP contribution is -2.04. The van der Waals surface area contributed by atoms with Gasteiger partial charge in [0.25, 0.3) is 0 Å². The number of rotatable bonds is 1. The molecule has 2 heteroatoms. The number of benzene rings is 1. The third kappa shape index (κ3) is 1.03. The van der Waals surface area contributed by atoms with Crippen molar-refractivity contribution in [2.45, 2.75) is 12.5 Å². The van der Waals surface area contributed by atoms with Gasteiger partial charge in [0.2, 0.25) is 0 Å². The summed E-state index contributed by atoms with van der Waals surface area (Å²) in [4.78, 5) is 0. The molecule has 1 fully saturated rings. The Balaban J connectivity index is 2.45. The molecule has 0 N–H and O–H groups in total. The zero-order chi connectivity index (χ0) is 7.90. The predicted octanol–water partition coefficient (Wildman–Crippen LogP) is 2.07. The summed E-state index contributed by atoms with van der Waals surface area (Å²) < 4.78 is 18.2. The normalized spacial score (nSPS) is 28.5. The Morgan fingerprint density at radius 3 is 2.64 bits per heavy atom. The quantitative estimate of drug-likeness (QED) is 0.561. The third-order valence-electron chi connectivity index (χ3n) is 2.02. The standard InChI is InChI=1S/C9H9FO/c1-9(6-11-9)7-4-2-3-5-8(7)10/h2-5H,6H2,1H3/t9-/m0/s1. The average Bonchev–Trinajstić information content (AvgIpc) is 2.70. The highest BCUT2D eigenvalue weighted by molar-refractivity contribution is 5.27. The van der Waals surface area contributed by atoms with Gasteiger partial charge in [0.05, 0.1) is 6.61 Å². The van der Waals surface area contributed by atoms with Crippen LogP contribution in [0.15, 0.2) is 24.3 Å². The summed E-state index contributed by atoms with van der Waals surface area (Å²) in [6.07, 6.45) is 0. The van der Waals surface area contributed by atoms with Crippen LogP contribution in [-0.4, -0.2) is 6.61 Å². The average molecular weight is 152 g/mol. The van der Waals surface area contributed by atoms with Crippen LogP contribution in [0.3, 0.4) is 0 Å². The smallest absolute Gasteiger partial charge is 0.129 e. The minimum Gasteiger partial charge on any atom is -0.365 e. The zero-order valence-corrected chi connectivity index (χ0v) is 6.30. The van der Waals surface area contributed by atoms with E-state index in [1.54, 1.807) is 12.1 Å². The first-order chi connectivity index (χ1) is 5.22. The van der Waals surface area contributed by atoms with E-state index in [2.05, 4.69) is 0 Å². The molecule has 0 aliphatic carbocycles. The second-order valence-electron chi connectivity index (χ2n) is 3.00. The van der Waals surface area contributed by atoms with Crippen LogP contribution in [0.2, 0.25) is 0 Å². The summed E-state index contributed by atoms with van der Waals surface area (Å²) in [6, 6.07) is 6.74. The Kier molecular flexibility index (Phi) is 1.26. The molecule has 11 heavy (non-hydrogen) atoms. The fraction of sp³-hybridized carbons (Fsp3) is 0.333. The van der Waals surface area contributed by atoms with Crippen LogP contribution in [0.1, 0.15) is 12.5 Å². The molecule has 1 aromatic rings. The molecular weight excluding hydrogens is 143 g/mol. The molecule has 1 aromatic carbocycles. The first-order valence-electron chi connectivity index (χ1n) is 3.61. The van der Waals surface area contributed by atoms with Gasteiger partial charge in [0, 0.05) is 5.56 Å². The van der Waals surface area contributed by atoms with Crippen LogP contribution < -0.4 is 0 Å². The maximum Gasteiger partial charge on any atom is 0.129 e. The summed E-state index contributed by atoms with van der Waals surface area (Å²) in [5.41, 5.74) is 0.325. The Bertz CT molecular complexity index is 279. The van der Waals surface area contributed by atoms with Gasteiger partial charge in [-0.2, -0.15) is 0 Å². The van der Waals surface area contributed by atoms with Gasteiger partial charge in [0.1, 0.15) is 11.4 Å². The van der Waals surface area contributed by atoms with Crippen molar-refractivity contribution in [3.8, 4) is 0 Å². The minimum absolute atomic E-state index is 0.174. The van der Waals surface area contributed by atoms with Crippen molar-refractivity contribution in [1.29, 1.82) is 0 Å². The summed E-state index contributed by atoms with van der Waals surface area (Å²) in [6.45, 7) is 2.53. The Hall–Kier alpha value is -0.890. The van der Waals surface area contributed by atoms with Crippen LogP contribution >= 0.6 is 0 Å². The number of epoxide rings is 1. The lowest BCUT2D eigenvalue weighted by Gasteiger charge is -2.05. The van der Waals surface area contributed by atoms with Crippen molar-refractivity contribution in [2.24, 2.45) is 0 Å². The van der Waals surface area contributed by atoms with Crippen molar-refractivity contribution >= 4 is 0 Å². The Morgan fingerprint density at radius 2 is 2.09 bits per heavy atom. The lowest BCUT2D eigenvalue weighted by molar-refractivity contribution is 0.321. The molecule has 1 heterocycles. The summed E-state index contributed by atoms with van der Waals surface area (Å²) in [7, 11) is 0. The van der Waals surface area contributed by atoms with Crippen LogP contribution in [0.25, 0.3) is 0 Å². The predicted molar refractivity (Wildman–Crippen MR) is 39.7 cm³/mol. The number of halogens is 1. The molecule has 0 saturated carbocycles. The highest BCUT2D eigenvalue weighted by Crippen LogP contribution is 2.38. The van der Waals surface area contributed by atoms with Gasteiger partial charge in [0.15, 0.2) is 0 Å². The van der Waals surface area contributed by atoms with E-state index in [1.165, 1.54) is 6.07 Å². The number of ether oxygens (including phenoxy) is 1. The summed E-state index contributed by atoms with van der Waals surface area (Å²) >= 11 is 0. The van der Waals surface area contributed by atoms with E-state index in [4.69, 9.17) is 4.74 Å². The molecule has 0 bridgehead atoms. The van der Waals surface area contributed by atoms with E-state index in [-0.39, 0.29) is 11.4 Å². The molecule has 1 aliphatic heterocycles. The van der Waals surface area contributed by atoms with E-state index in [9.17, 15) is 4.39 Å². The molecule has 0 amide bonds. The zero-order valence-electron chi connectivity index (χ0n) is 6.30. The van der Waals surface area contributed by atoms with Gasteiger partial charge in [-0.1, -0.05) is 18.2 Å². The molecule has 0 spiro atoms. The molecular formula is C9H9FO. The van der Waals surface area contributed by atoms with Crippen molar-refractivity contribution in [1.82, 2.24) is 0 Å². The summed E-state index contributed by atoms with van der Waals surface area (Å²) in [5.74, 6) is -0.174. The first-order valence-corrected chi connectivity index (χ1v) is 3.61. The second kappa shape index (κ2) is 2.05. The third-order valence-corrected chi connectivity index (χ3v) is 2.02. The van der Waals surface area contributed by atoms with E-state index >= 15 is 0 Å². The Labute approximate surface area is 64.8 Å². The maximum atomic E-state index is 13.0. The van der Waals surface area contributed by atoms with Crippen molar-refractivity contribution in [2.75, 3.05) is 6.61 Å². The molecule has 1 nitrogen and oxygen atoms in total. The monoisotopic (exact) mass is 152 g/mol. The van der Waals surface area contributed by atoms with Crippen molar-refractivity contribution in [3.05, 3.63) is 35.6 Å². The maximum absolute atomic E-state index is 13.0. The molecule has 1 atom stereocenters. The van der Waals surface area contributed by atoms with Gasteiger partial charge in [-0.25, -0.2) is 4.39 Å². The van der Waals surface area contributed by atoms with Gasteiger partial charge >= 0.3 is 0 Å². The molecule has 58 valence electrons. The lowest BCUT2D eigenvalue weighted by atomic mass is 10.0. The van der Waals surface area contributed by atoms with Gasteiger partial charge < -0.3 is 4.74 Å².